The van der Waals surface area contributed by atoms with E-state index in [0.29, 0.717) is 5.69 Å². The SMILES string of the molecule is CC(=O)Nc1ccc(CC(=O)Nc2ccc(Sc3nccn3C)cc2)cc1. The van der Waals surface area contributed by atoms with Gasteiger partial charge < -0.3 is 15.2 Å². The average Bonchev–Trinajstić information content (AvgIpc) is 3.03. The highest BCUT2D eigenvalue weighted by Crippen LogP contribution is 2.26. The molecule has 0 aliphatic rings. The van der Waals surface area contributed by atoms with E-state index >= 15 is 0 Å². The molecule has 1 heterocycles. The summed E-state index contributed by atoms with van der Waals surface area (Å²) in [7, 11) is 1.95. The van der Waals surface area contributed by atoms with Gasteiger partial charge in [-0.15, -0.1) is 0 Å². The van der Waals surface area contributed by atoms with Crippen molar-refractivity contribution in [1.29, 1.82) is 0 Å². The molecule has 0 radical (unpaired) electrons. The zero-order valence-corrected chi connectivity index (χ0v) is 15.9. The first-order valence-corrected chi connectivity index (χ1v) is 9.23. The van der Waals surface area contributed by atoms with Gasteiger partial charge in [-0.3, -0.25) is 9.59 Å². The van der Waals surface area contributed by atoms with E-state index in [1.54, 1.807) is 30.1 Å². The van der Waals surface area contributed by atoms with Gasteiger partial charge in [0.1, 0.15) is 0 Å². The third-order valence-electron chi connectivity index (χ3n) is 3.76. The molecule has 138 valence electrons. The number of anilines is 2. The quantitative estimate of drug-likeness (QED) is 0.683. The fourth-order valence-electron chi connectivity index (χ4n) is 2.46. The summed E-state index contributed by atoms with van der Waals surface area (Å²) in [5.41, 5.74) is 2.34. The Morgan fingerprint density at radius 1 is 1.00 bits per heavy atom. The Morgan fingerprint density at radius 3 is 2.22 bits per heavy atom. The number of hydrogen-bond donors (Lipinski definition) is 2. The average molecular weight is 380 g/mol. The highest BCUT2D eigenvalue weighted by molar-refractivity contribution is 7.99. The number of carbonyl (C=O) groups is 2. The fraction of sp³-hybridized carbons (Fsp3) is 0.150. The third-order valence-corrected chi connectivity index (χ3v) is 4.85. The van der Waals surface area contributed by atoms with E-state index in [2.05, 4.69) is 15.6 Å². The molecule has 2 amide bonds. The number of hydrogen-bond acceptors (Lipinski definition) is 4. The minimum Gasteiger partial charge on any atom is -0.329 e. The number of carbonyl (C=O) groups excluding carboxylic acids is 2. The molecular weight excluding hydrogens is 360 g/mol. The van der Waals surface area contributed by atoms with Gasteiger partial charge in [-0.1, -0.05) is 23.9 Å². The predicted octanol–water partition coefficient (Wildman–Crippen LogP) is 3.71. The molecule has 2 aromatic carbocycles. The number of nitrogens with zero attached hydrogens (tertiary/aromatic N) is 2. The number of aryl methyl sites for hydroxylation is 1. The van der Waals surface area contributed by atoms with Crippen LogP contribution in [0.3, 0.4) is 0 Å². The van der Waals surface area contributed by atoms with Crippen LogP contribution in [0, 0.1) is 0 Å². The largest absolute Gasteiger partial charge is 0.329 e. The van der Waals surface area contributed by atoms with Crippen molar-refractivity contribution in [1.82, 2.24) is 9.55 Å². The maximum atomic E-state index is 12.2. The topological polar surface area (TPSA) is 76.0 Å². The van der Waals surface area contributed by atoms with Crippen LogP contribution in [0.25, 0.3) is 0 Å². The summed E-state index contributed by atoms with van der Waals surface area (Å²) in [6.07, 6.45) is 3.93. The summed E-state index contributed by atoms with van der Waals surface area (Å²) in [5, 5.41) is 6.51. The molecule has 0 saturated heterocycles. The van der Waals surface area contributed by atoms with Gasteiger partial charge in [0, 0.05) is 42.6 Å². The summed E-state index contributed by atoms with van der Waals surface area (Å²) in [4.78, 5) is 28.6. The normalized spacial score (nSPS) is 10.4. The number of benzene rings is 2. The highest BCUT2D eigenvalue weighted by atomic mass is 32.2. The summed E-state index contributed by atoms with van der Waals surface area (Å²) < 4.78 is 1.96. The number of nitrogens with one attached hydrogen (secondary N) is 2. The van der Waals surface area contributed by atoms with Gasteiger partial charge >= 0.3 is 0 Å². The lowest BCUT2D eigenvalue weighted by molar-refractivity contribution is -0.116. The molecule has 0 aliphatic carbocycles. The molecule has 3 aromatic rings. The van der Waals surface area contributed by atoms with E-state index in [-0.39, 0.29) is 18.2 Å². The lowest BCUT2D eigenvalue weighted by atomic mass is 10.1. The molecule has 0 fully saturated rings. The third kappa shape index (κ3) is 5.46. The van der Waals surface area contributed by atoms with Gasteiger partial charge in [-0.05, 0) is 42.0 Å². The standard InChI is InChI=1S/C20H20N4O2S/c1-14(25)22-16-5-3-15(4-6-16)13-19(26)23-17-7-9-18(10-8-17)27-20-21-11-12-24(20)2/h3-12H,13H2,1-2H3,(H,22,25)(H,23,26). The molecular formula is C20H20N4O2S. The van der Waals surface area contributed by atoms with Crippen LogP contribution in [0.2, 0.25) is 0 Å². The van der Waals surface area contributed by atoms with Crippen molar-refractivity contribution in [3.8, 4) is 0 Å². The Bertz CT molecular complexity index is 933. The molecule has 0 unspecified atom stereocenters. The molecule has 3 rings (SSSR count). The van der Waals surface area contributed by atoms with E-state index in [4.69, 9.17) is 0 Å². The molecule has 2 N–H and O–H groups in total. The van der Waals surface area contributed by atoms with E-state index in [0.717, 1.165) is 21.3 Å². The molecule has 0 saturated carbocycles. The van der Waals surface area contributed by atoms with Gasteiger partial charge in [-0.2, -0.15) is 0 Å². The summed E-state index contributed by atoms with van der Waals surface area (Å²) in [5.74, 6) is -0.211. The maximum Gasteiger partial charge on any atom is 0.228 e. The lowest BCUT2D eigenvalue weighted by Crippen LogP contribution is -2.14. The van der Waals surface area contributed by atoms with Crippen LogP contribution in [0.15, 0.2) is 71.0 Å². The highest BCUT2D eigenvalue weighted by Gasteiger charge is 2.06. The van der Waals surface area contributed by atoms with Crippen molar-refractivity contribution >= 4 is 35.0 Å². The maximum absolute atomic E-state index is 12.2. The van der Waals surface area contributed by atoms with Gasteiger partial charge in [0.15, 0.2) is 5.16 Å². The van der Waals surface area contributed by atoms with Crippen LogP contribution < -0.4 is 10.6 Å². The summed E-state index contributed by atoms with van der Waals surface area (Å²) in [6, 6.07) is 14.9. The van der Waals surface area contributed by atoms with Crippen LogP contribution in [0.1, 0.15) is 12.5 Å². The van der Waals surface area contributed by atoms with Crippen LogP contribution in [-0.4, -0.2) is 21.4 Å². The van der Waals surface area contributed by atoms with Gasteiger partial charge in [0.05, 0.1) is 6.42 Å². The van der Waals surface area contributed by atoms with Crippen LogP contribution in [0.5, 0.6) is 0 Å². The Hall–Kier alpha value is -3.06. The number of rotatable bonds is 6. The molecule has 1 aromatic heterocycles. The van der Waals surface area contributed by atoms with E-state index in [1.165, 1.54) is 6.92 Å². The zero-order valence-electron chi connectivity index (χ0n) is 15.1. The second kappa shape index (κ2) is 8.55. The van der Waals surface area contributed by atoms with E-state index in [9.17, 15) is 9.59 Å². The van der Waals surface area contributed by atoms with Crippen molar-refractivity contribution in [3.05, 3.63) is 66.5 Å². The molecule has 0 spiro atoms. The van der Waals surface area contributed by atoms with Gasteiger partial charge in [0.2, 0.25) is 11.8 Å². The van der Waals surface area contributed by atoms with Gasteiger partial charge in [0.25, 0.3) is 0 Å². The number of aromatic nitrogens is 2. The van der Waals surface area contributed by atoms with Crippen molar-refractivity contribution in [2.24, 2.45) is 7.05 Å². The van der Waals surface area contributed by atoms with Crippen molar-refractivity contribution in [2.75, 3.05) is 10.6 Å². The Balaban J connectivity index is 1.54. The Labute approximate surface area is 162 Å². The number of imidazole rings is 1. The van der Waals surface area contributed by atoms with Crippen LogP contribution in [0.4, 0.5) is 11.4 Å². The van der Waals surface area contributed by atoms with Crippen molar-refractivity contribution in [3.63, 3.8) is 0 Å². The van der Waals surface area contributed by atoms with E-state index < -0.39 is 0 Å². The van der Waals surface area contributed by atoms with Gasteiger partial charge in [-0.25, -0.2) is 4.98 Å². The second-order valence-electron chi connectivity index (χ2n) is 6.05. The molecule has 6 nitrogen and oxygen atoms in total. The first-order chi connectivity index (χ1) is 13.0. The molecule has 0 atom stereocenters. The molecule has 0 bridgehead atoms. The minimum absolute atomic E-state index is 0.0909. The second-order valence-corrected chi connectivity index (χ2v) is 7.09. The van der Waals surface area contributed by atoms with Crippen LogP contribution >= 0.6 is 11.8 Å². The first kappa shape index (κ1) is 18.7. The summed E-state index contributed by atoms with van der Waals surface area (Å²) >= 11 is 1.57. The number of amides is 2. The van der Waals surface area contributed by atoms with Crippen LogP contribution in [-0.2, 0) is 23.1 Å². The smallest absolute Gasteiger partial charge is 0.228 e. The van der Waals surface area contributed by atoms with Crippen molar-refractivity contribution < 1.29 is 9.59 Å². The van der Waals surface area contributed by atoms with Crippen molar-refractivity contribution in [2.45, 2.75) is 23.4 Å². The molecule has 7 heteroatoms. The summed E-state index contributed by atoms with van der Waals surface area (Å²) in [6.45, 7) is 1.46. The lowest BCUT2D eigenvalue weighted by Gasteiger charge is -2.08. The first-order valence-electron chi connectivity index (χ1n) is 8.41. The Morgan fingerprint density at radius 2 is 1.63 bits per heavy atom. The minimum atomic E-state index is -0.120. The molecule has 27 heavy (non-hydrogen) atoms. The predicted molar refractivity (Wildman–Crippen MR) is 107 cm³/mol. The monoisotopic (exact) mass is 380 g/mol. The fourth-order valence-corrected chi connectivity index (χ4v) is 3.26. The van der Waals surface area contributed by atoms with E-state index in [1.807, 2.05) is 54.2 Å². The Kier molecular flexibility index (Phi) is 5.93. The molecule has 0 aliphatic heterocycles. The zero-order chi connectivity index (χ0) is 19.2.